The maximum absolute atomic E-state index is 11.3. The van der Waals surface area contributed by atoms with Gasteiger partial charge in [-0.05, 0) is 45.7 Å². The van der Waals surface area contributed by atoms with Gasteiger partial charge in [-0.2, -0.15) is 0 Å². The Labute approximate surface area is 98.6 Å². The van der Waals surface area contributed by atoms with E-state index in [-0.39, 0.29) is 12.6 Å². The Morgan fingerprint density at radius 2 is 1.94 bits per heavy atom. The Bertz CT molecular complexity index is 174. The minimum atomic E-state index is -0.141. The lowest BCUT2D eigenvalue weighted by atomic mass is 10.2. The van der Waals surface area contributed by atoms with Crippen LogP contribution >= 0.6 is 0 Å². The number of carbonyl (C=O) groups is 1. The van der Waals surface area contributed by atoms with Crippen LogP contribution in [0.15, 0.2) is 0 Å². The molecule has 4 nitrogen and oxygen atoms in total. The average molecular weight is 231 g/mol. The third kappa shape index (κ3) is 8.68. The molecule has 0 saturated heterocycles. The molecule has 0 aliphatic carbocycles. The Hall–Kier alpha value is -0.610. The van der Waals surface area contributed by atoms with Crippen LogP contribution in [0.1, 0.15) is 39.5 Å². The van der Waals surface area contributed by atoms with Crippen LogP contribution in [0.25, 0.3) is 0 Å². The summed E-state index contributed by atoms with van der Waals surface area (Å²) < 4.78 is 4.93. The summed E-state index contributed by atoms with van der Waals surface area (Å²) in [6.07, 6.45) is 3.93. The number of aliphatic hydroxyl groups excluding tert-OH is 1. The van der Waals surface area contributed by atoms with E-state index in [1.54, 1.807) is 0 Å². The molecule has 16 heavy (non-hydrogen) atoms. The maximum atomic E-state index is 11.3. The molecule has 0 unspecified atom stereocenters. The summed E-state index contributed by atoms with van der Waals surface area (Å²) in [7, 11) is 0. The highest BCUT2D eigenvalue weighted by molar-refractivity contribution is 5.71. The van der Waals surface area contributed by atoms with Gasteiger partial charge in [0.15, 0.2) is 0 Å². The van der Waals surface area contributed by atoms with Gasteiger partial charge in [-0.3, -0.25) is 9.69 Å². The predicted molar refractivity (Wildman–Crippen MR) is 64.3 cm³/mol. The number of rotatable bonds is 10. The normalized spacial score (nSPS) is 10.8. The van der Waals surface area contributed by atoms with Crippen LogP contribution in [0.5, 0.6) is 0 Å². The summed E-state index contributed by atoms with van der Waals surface area (Å²) in [6.45, 7) is 6.86. The first-order valence-corrected chi connectivity index (χ1v) is 6.23. The summed E-state index contributed by atoms with van der Waals surface area (Å²) in [4.78, 5) is 13.4. The summed E-state index contributed by atoms with van der Waals surface area (Å²) >= 11 is 0. The number of esters is 1. The second kappa shape index (κ2) is 10.9. The van der Waals surface area contributed by atoms with Gasteiger partial charge in [-0.15, -0.1) is 0 Å². The smallest absolute Gasteiger partial charge is 0.320 e. The predicted octanol–water partition coefficient (Wildman–Crippen LogP) is 1.42. The number of hydrogen-bond donors (Lipinski definition) is 1. The summed E-state index contributed by atoms with van der Waals surface area (Å²) in [5.74, 6) is -0.141. The number of carbonyl (C=O) groups excluding carboxylic acids is 1. The number of aliphatic hydroxyl groups is 1. The second-order valence-electron chi connectivity index (χ2n) is 3.87. The summed E-state index contributed by atoms with van der Waals surface area (Å²) in [5, 5.41) is 8.66. The summed E-state index contributed by atoms with van der Waals surface area (Å²) in [5.41, 5.74) is 0. The number of nitrogens with zero attached hydrogens (tertiary/aromatic N) is 1. The molecule has 0 fully saturated rings. The molecule has 4 heteroatoms. The van der Waals surface area contributed by atoms with E-state index in [1.165, 1.54) is 0 Å². The van der Waals surface area contributed by atoms with Crippen LogP contribution in [0, 0.1) is 0 Å². The van der Waals surface area contributed by atoms with Crippen molar-refractivity contribution >= 4 is 5.97 Å². The first kappa shape index (κ1) is 15.4. The molecule has 0 rings (SSSR count). The van der Waals surface area contributed by atoms with Crippen molar-refractivity contribution in [3.8, 4) is 0 Å². The third-order valence-electron chi connectivity index (χ3n) is 2.33. The SMILES string of the molecule is CCCN(CCCCCO)CC(=O)OCC. The number of hydrogen-bond acceptors (Lipinski definition) is 4. The zero-order valence-corrected chi connectivity index (χ0v) is 10.6. The van der Waals surface area contributed by atoms with Crippen LogP contribution in [0.2, 0.25) is 0 Å². The van der Waals surface area contributed by atoms with E-state index >= 15 is 0 Å². The van der Waals surface area contributed by atoms with Crippen molar-refractivity contribution in [2.75, 3.05) is 32.8 Å². The van der Waals surface area contributed by atoms with E-state index in [4.69, 9.17) is 9.84 Å². The Balaban J connectivity index is 3.73. The van der Waals surface area contributed by atoms with Crippen LogP contribution < -0.4 is 0 Å². The van der Waals surface area contributed by atoms with Crippen molar-refractivity contribution in [1.29, 1.82) is 0 Å². The van der Waals surface area contributed by atoms with Crippen LogP contribution in [-0.4, -0.2) is 48.8 Å². The van der Waals surface area contributed by atoms with Gasteiger partial charge in [-0.25, -0.2) is 0 Å². The molecule has 0 aromatic carbocycles. The average Bonchev–Trinajstić information content (AvgIpc) is 2.25. The lowest BCUT2D eigenvalue weighted by Gasteiger charge is -2.20. The molecule has 0 amide bonds. The summed E-state index contributed by atoms with van der Waals surface area (Å²) in [6, 6.07) is 0. The molecule has 0 radical (unpaired) electrons. The Morgan fingerprint density at radius 3 is 2.50 bits per heavy atom. The topological polar surface area (TPSA) is 49.8 Å². The minimum absolute atomic E-state index is 0.141. The highest BCUT2D eigenvalue weighted by atomic mass is 16.5. The van der Waals surface area contributed by atoms with Crippen molar-refractivity contribution in [3.05, 3.63) is 0 Å². The quantitative estimate of drug-likeness (QED) is 0.456. The van der Waals surface area contributed by atoms with Crippen molar-refractivity contribution in [3.63, 3.8) is 0 Å². The highest BCUT2D eigenvalue weighted by Gasteiger charge is 2.09. The van der Waals surface area contributed by atoms with Gasteiger partial charge in [0, 0.05) is 6.61 Å². The molecule has 0 aromatic heterocycles. The monoisotopic (exact) mass is 231 g/mol. The van der Waals surface area contributed by atoms with E-state index in [0.717, 1.165) is 38.8 Å². The van der Waals surface area contributed by atoms with Crippen LogP contribution in [0.3, 0.4) is 0 Å². The molecule has 0 heterocycles. The zero-order chi connectivity index (χ0) is 12.2. The Morgan fingerprint density at radius 1 is 1.19 bits per heavy atom. The van der Waals surface area contributed by atoms with Gasteiger partial charge in [-0.1, -0.05) is 6.92 Å². The molecule has 1 N–H and O–H groups in total. The van der Waals surface area contributed by atoms with Crippen LogP contribution in [-0.2, 0) is 9.53 Å². The van der Waals surface area contributed by atoms with Gasteiger partial charge in [0.25, 0.3) is 0 Å². The highest BCUT2D eigenvalue weighted by Crippen LogP contribution is 2.00. The van der Waals surface area contributed by atoms with Gasteiger partial charge < -0.3 is 9.84 Å². The fraction of sp³-hybridized carbons (Fsp3) is 0.917. The molecule has 0 aromatic rings. The molecule has 0 bridgehead atoms. The molecule has 0 atom stereocenters. The molecule has 0 spiro atoms. The number of ether oxygens (including phenoxy) is 1. The lowest BCUT2D eigenvalue weighted by Crippen LogP contribution is -2.32. The number of unbranched alkanes of at least 4 members (excludes halogenated alkanes) is 2. The zero-order valence-electron chi connectivity index (χ0n) is 10.6. The molecular formula is C12H25NO3. The molecule has 0 saturated carbocycles. The van der Waals surface area contributed by atoms with Crippen molar-refractivity contribution in [2.45, 2.75) is 39.5 Å². The fourth-order valence-corrected chi connectivity index (χ4v) is 1.60. The fourth-order valence-electron chi connectivity index (χ4n) is 1.60. The van der Waals surface area contributed by atoms with E-state index < -0.39 is 0 Å². The first-order chi connectivity index (χ1) is 7.74. The molecule has 96 valence electrons. The third-order valence-corrected chi connectivity index (χ3v) is 2.33. The second-order valence-corrected chi connectivity index (χ2v) is 3.87. The largest absolute Gasteiger partial charge is 0.465 e. The van der Waals surface area contributed by atoms with Gasteiger partial charge in [0.1, 0.15) is 0 Å². The van der Waals surface area contributed by atoms with Crippen molar-refractivity contribution < 1.29 is 14.6 Å². The first-order valence-electron chi connectivity index (χ1n) is 6.23. The van der Waals surface area contributed by atoms with Gasteiger partial charge in [0.2, 0.25) is 0 Å². The van der Waals surface area contributed by atoms with E-state index in [9.17, 15) is 4.79 Å². The molecular weight excluding hydrogens is 206 g/mol. The van der Waals surface area contributed by atoms with E-state index in [2.05, 4.69) is 11.8 Å². The van der Waals surface area contributed by atoms with E-state index in [1.807, 2.05) is 6.92 Å². The Kier molecular flexibility index (Phi) is 10.5. The lowest BCUT2D eigenvalue weighted by molar-refractivity contribution is -0.144. The van der Waals surface area contributed by atoms with Crippen LogP contribution in [0.4, 0.5) is 0 Å². The van der Waals surface area contributed by atoms with E-state index in [0.29, 0.717) is 13.2 Å². The van der Waals surface area contributed by atoms with Crippen molar-refractivity contribution in [2.24, 2.45) is 0 Å². The van der Waals surface area contributed by atoms with Gasteiger partial charge in [0.05, 0.1) is 13.2 Å². The van der Waals surface area contributed by atoms with Crippen molar-refractivity contribution in [1.82, 2.24) is 4.90 Å². The van der Waals surface area contributed by atoms with Gasteiger partial charge >= 0.3 is 5.97 Å². The molecule has 0 aliphatic heterocycles. The molecule has 0 aliphatic rings. The standard InChI is InChI=1S/C12H25NO3/c1-3-8-13(9-6-5-7-10-14)11-12(15)16-4-2/h14H,3-11H2,1-2H3. The minimum Gasteiger partial charge on any atom is -0.465 e. The maximum Gasteiger partial charge on any atom is 0.320 e.